The van der Waals surface area contributed by atoms with Crippen molar-refractivity contribution in [3.05, 3.63) is 24.3 Å². The van der Waals surface area contributed by atoms with Gasteiger partial charge in [-0.15, -0.1) is 0 Å². The van der Waals surface area contributed by atoms with Gasteiger partial charge >= 0.3 is 6.03 Å². The maximum absolute atomic E-state index is 12.3. The molecular formula is C15H21N5O4. The summed E-state index contributed by atoms with van der Waals surface area (Å²) < 4.78 is 5.06. The number of ether oxygens (including phenoxy) is 1. The van der Waals surface area contributed by atoms with Gasteiger partial charge in [-0.3, -0.25) is 20.4 Å². The molecule has 1 aromatic rings. The van der Waals surface area contributed by atoms with Crippen LogP contribution in [0.1, 0.15) is 12.8 Å². The summed E-state index contributed by atoms with van der Waals surface area (Å²) in [5.41, 5.74) is 11.1. The molecule has 1 saturated heterocycles. The number of hydrogen-bond acceptors (Lipinski definition) is 5. The van der Waals surface area contributed by atoms with E-state index in [1.165, 1.54) is 4.90 Å². The molecule has 0 aromatic heterocycles. The average Bonchev–Trinajstić information content (AvgIpc) is 3.07. The number of likely N-dealkylation sites (tertiary alicyclic amines) is 1. The minimum absolute atomic E-state index is 0.256. The van der Waals surface area contributed by atoms with Crippen LogP contribution in [0.4, 0.5) is 10.5 Å². The van der Waals surface area contributed by atoms with Gasteiger partial charge in [0.1, 0.15) is 11.8 Å². The second-order valence-corrected chi connectivity index (χ2v) is 5.32. The lowest BCUT2D eigenvalue weighted by Gasteiger charge is -2.24. The van der Waals surface area contributed by atoms with Crippen LogP contribution >= 0.6 is 0 Å². The normalized spacial score (nSPS) is 16.4. The number of carbonyl (C=O) groups excluding carboxylic acids is 3. The zero-order chi connectivity index (χ0) is 17.5. The summed E-state index contributed by atoms with van der Waals surface area (Å²) >= 11 is 0. The topological polar surface area (TPSA) is 126 Å². The van der Waals surface area contributed by atoms with Crippen LogP contribution in [0, 0.1) is 0 Å². The molecule has 1 fully saturated rings. The first kappa shape index (κ1) is 17.4. The van der Waals surface area contributed by atoms with Crippen LogP contribution in [0.3, 0.4) is 0 Å². The summed E-state index contributed by atoms with van der Waals surface area (Å²) in [5.74, 6) is -0.248. The van der Waals surface area contributed by atoms with Gasteiger partial charge in [-0.05, 0) is 37.1 Å². The Morgan fingerprint density at radius 2 is 2.00 bits per heavy atom. The molecule has 1 unspecified atom stereocenters. The summed E-state index contributed by atoms with van der Waals surface area (Å²) in [6, 6.07) is 5.96. The van der Waals surface area contributed by atoms with Crippen molar-refractivity contribution in [1.82, 2.24) is 15.6 Å². The summed E-state index contributed by atoms with van der Waals surface area (Å²) in [4.78, 5) is 36.4. The fourth-order valence-electron chi connectivity index (χ4n) is 2.44. The highest BCUT2D eigenvalue weighted by Gasteiger charge is 2.34. The molecule has 1 heterocycles. The van der Waals surface area contributed by atoms with E-state index in [2.05, 4.69) is 16.2 Å². The number of benzene rings is 1. The van der Waals surface area contributed by atoms with Gasteiger partial charge in [0.2, 0.25) is 5.91 Å². The zero-order valence-corrected chi connectivity index (χ0v) is 13.4. The minimum atomic E-state index is -0.635. The Balaban J connectivity index is 1.87. The number of hydrogen-bond donors (Lipinski definition) is 4. The Kier molecular flexibility index (Phi) is 5.83. The van der Waals surface area contributed by atoms with E-state index in [4.69, 9.17) is 10.5 Å². The second-order valence-electron chi connectivity index (χ2n) is 5.32. The smallest absolute Gasteiger partial charge is 0.318 e. The highest BCUT2D eigenvalue weighted by Crippen LogP contribution is 2.18. The number of rotatable bonds is 6. The molecule has 130 valence electrons. The van der Waals surface area contributed by atoms with E-state index in [0.29, 0.717) is 30.8 Å². The molecule has 1 aromatic carbocycles. The number of hydrazine groups is 1. The van der Waals surface area contributed by atoms with Gasteiger partial charge < -0.3 is 20.7 Å². The van der Waals surface area contributed by atoms with E-state index >= 15 is 0 Å². The average molecular weight is 335 g/mol. The molecule has 0 bridgehead atoms. The number of methoxy groups -OCH3 is 1. The Morgan fingerprint density at radius 3 is 2.62 bits per heavy atom. The highest BCUT2D eigenvalue weighted by molar-refractivity contribution is 5.89. The third-order valence-corrected chi connectivity index (χ3v) is 3.65. The number of nitrogens with two attached hydrogens (primary N) is 1. The molecule has 1 aliphatic rings. The number of anilines is 1. The number of primary amides is 1. The molecule has 24 heavy (non-hydrogen) atoms. The quantitative estimate of drug-likeness (QED) is 0.536. The summed E-state index contributed by atoms with van der Waals surface area (Å²) in [7, 11) is 1.57. The van der Waals surface area contributed by atoms with E-state index in [-0.39, 0.29) is 12.5 Å². The van der Waals surface area contributed by atoms with Crippen molar-refractivity contribution in [3.63, 3.8) is 0 Å². The summed E-state index contributed by atoms with van der Waals surface area (Å²) in [6.45, 7) is 0.193. The zero-order valence-electron chi connectivity index (χ0n) is 13.4. The lowest BCUT2D eigenvalue weighted by Crippen LogP contribution is -2.51. The molecule has 9 heteroatoms. The Labute approximate surface area is 139 Å². The SMILES string of the molecule is COc1ccc(NNC(=O)C2CCCN2C(=O)NCC(N)=O)cc1. The van der Waals surface area contributed by atoms with Gasteiger partial charge in [0, 0.05) is 6.54 Å². The minimum Gasteiger partial charge on any atom is -0.497 e. The predicted molar refractivity (Wildman–Crippen MR) is 87.1 cm³/mol. The molecule has 2 rings (SSSR count). The number of carbonyl (C=O) groups is 3. The van der Waals surface area contributed by atoms with Crippen molar-refractivity contribution < 1.29 is 19.1 Å². The second kappa shape index (κ2) is 8.04. The standard InChI is InChI=1S/C15H21N5O4/c1-24-11-6-4-10(5-7-11)18-19-14(22)12-3-2-8-20(12)15(23)17-9-13(16)21/h4-7,12,18H,2-3,8-9H2,1H3,(H2,16,21)(H,17,23)(H,19,22). The lowest BCUT2D eigenvalue weighted by atomic mass is 10.2. The molecule has 5 N–H and O–H groups in total. The number of nitrogens with zero attached hydrogens (tertiary/aromatic N) is 1. The highest BCUT2D eigenvalue weighted by atomic mass is 16.5. The predicted octanol–water partition coefficient (Wildman–Crippen LogP) is -0.202. The first-order chi connectivity index (χ1) is 11.5. The van der Waals surface area contributed by atoms with Crippen molar-refractivity contribution in [2.75, 3.05) is 25.6 Å². The largest absolute Gasteiger partial charge is 0.497 e. The molecule has 0 spiro atoms. The monoisotopic (exact) mass is 335 g/mol. The fraction of sp³-hybridized carbons (Fsp3) is 0.400. The Morgan fingerprint density at radius 1 is 1.29 bits per heavy atom. The maximum Gasteiger partial charge on any atom is 0.318 e. The molecule has 1 aliphatic heterocycles. The molecule has 1 atom stereocenters. The van der Waals surface area contributed by atoms with Gasteiger partial charge in [-0.1, -0.05) is 0 Å². The van der Waals surface area contributed by atoms with E-state index in [1.54, 1.807) is 31.4 Å². The number of nitrogens with one attached hydrogen (secondary N) is 3. The lowest BCUT2D eigenvalue weighted by molar-refractivity contribution is -0.124. The van der Waals surface area contributed by atoms with Crippen LogP contribution in [0.5, 0.6) is 5.75 Å². The van der Waals surface area contributed by atoms with Crippen LogP contribution in [-0.2, 0) is 9.59 Å². The molecular weight excluding hydrogens is 314 g/mol. The van der Waals surface area contributed by atoms with Gasteiger partial charge in [0.15, 0.2) is 0 Å². The first-order valence-electron chi connectivity index (χ1n) is 7.54. The van der Waals surface area contributed by atoms with Crippen molar-refractivity contribution in [2.24, 2.45) is 5.73 Å². The van der Waals surface area contributed by atoms with Crippen molar-refractivity contribution in [3.8, 4) is 5.75 Å². The van der Waals surface area contributed by atoms with Crippen molar-refractivity contribution in [2.45, 2.75) is 18.9 Å². The third kappa shape index (κ3) is 4.51. The number of amides is 4. The van der Waals surface area contributed by atoms with Gasteiger partial charge in [0.25, 0.3) is 5.91 Å². The molecule has 0 aliphatic carbocycles. The van der Waals surface area contributed by atoms with Crippen LogP contribution in [0.15, 0.2) is 24.3 Å². The van der Waals surface area contributed by atoms with E-state index in [1.807, 2.05) is 0 Å². The van der Waals surface area contributed by atoms with E-state index in [9.17, 15) is 14.4 Å². The van der Waals surface area contributed by atoms with Gasteiger partial charge in [0.05, 0.1) is 19.3 Å². The van der Waals surface area contributed by atoms with Crippen LogP contribution in [0.25, 0.3) is 0 Å². The van der Waals surface area contributed by atoms with Crippen molar-refractivity contribution >= 4 is 23.5 Å². The maximum atomic E-state index is 12.3. The van der Waals surface area contributed by atoms with Crippen LogP contribution in [0.2, 0.25) is 0 Å². The first-order valence-corrected chi connectivity index (χ1v) is 7.54. The molecule has 0 radical (unpaired) electrons. The van der Waals surface area contributed by atoms with Crippen molar-refractivity contribution in [1.29, 1.82) is 0 Å². The summed E-state index contributed by atoms with van der Waals surface area (Å²) in [6.07, 6.45) is 1.27. The molecule has 0 saturated carbocycles. The van der Waals surface area contributed by atoms with Gasteiger partial charge in [-0.25, -0.2) is 4.79 Å². The third-order valence-electron chi connectivity index (χ3n) is 3.65. The number of urea groups is 1. The Hall–Kier alpha value is -2.97. The van der Waals surface area contributed by atoms with E-state index in [0.717, 1.165) is 0 Å². The Bertz CT molecular complexity index is 604. The fourth-order valence-corrected chi connectivity index (χ4v) is 2.44. The van der Waals surface area contributed by atoms with Gasteiger partial charge in [-0.2, -0.15) is 0 Å². The van der Waals surface area contributed by atoms with E-state index < -0.39 is 18.0 Å². The van der Waals surface area contributed by atoms with Crippen LogP contribution < -0.4 is 26.6 Å². The summed E-state index contributed by atoms with van der Waals surface area (Å²) in [5, 5.41) is 2.39. The molecule has 9 nitrogen and oxygen atoms in total. The molecule has 4 amide bonds. The van der Waals surface area contributed by atoms with Crippen LogP contribution in [-0.4, -0.2) is 49.0 Å².